The fraction of sp³-hybridized carbons (Fsp3) is 0.133. The van der Waals surface area contributed by atoms with Crippen molar-refractivity contribution in [1.82, 2.24) is 10.2 Å². The lowest BCUT2D eigenvalue weighted by molar-refractivity contribution is -0.117. The highest BCUT2D eigenvalue weighted by Gasteiger charge is 2.45. The Kier molecular flexibility index (Phi) is 9.18. The fourth-order valence-corrected chi connectivity index (χ4v) is 6.78. The number of thioether (sulfide) groups is 1. The van der Waals surface area contributed by atoms with Crippen LogP contribution in [0.3, 0.4) is 0 Å². The van der Waals surface area contributed by atoms with Crippen LogP contribution in [0.15, 0.2) is 88.5 Å². The largest absolute Gasteiger partial charge is 0.503 e. The van der Waals surface area contributed by atoms with Crippen LogP contribution in [-0.2, 0) is 15.3 Å². The van der Waals surface area contributed by atoms with Gasteiger partial charge in [-0.25, -0.2) is 0 Å². The maximum atomic E-state index is 13.5. The van der Waals surface area contributed by atoms with Crippen molar-refractivity contribution in [2.45, 2.75) is 16.1 Å². The van der Waals surface area contributed by atoms with Gasteiger partial charge in [-0.3, -0.25) is 14.5 Å². The second-order valence-corrected chi connectivity index (χ2v) is 12.0. The van der Waals surface area contributed by atoms with Crippen molar-refractivity contribution in [3.8, 4) is 11.5 Å². The number of carbonyl (C=O) groups is 2. The molecule has 1 N–H and O–H groups in total. The summed E-state index contributed by atoms with van der Waals surface area (Å²) < 4.78 is 11.4. The predicted molar refractivity (Wildman–Crippen MR) is 166 cm³/mol. The molecule has 0 aliphatic carbocycles. The van der Waals surface area contributed by atoms with Gasteiger partial charge < -0.3 is 14.6 Å². The van der Waals surface area contributed by atoms with Crippen LogP contribution in [0.4, 0.5) is 5.13 Å². The van der Waals surface area contributed by atoms with Crippen molar-refractivity contribution in [2.24, 2.45) is 0 Å². The molecule has 1 unspecified atom stereocenters. The zero-order chi connectivity index (χ0) is 29.8. The summed E-state index contributed by atoms with van der Waals surface area (Å²) >= 11 is 14.9. The van der Waals surface area contributed by atoms with Gasteiger partial charge in [0.15, 0.2) is 27.4 Å². The molecule has 3 aromatic carbocycles. The van der Waals surface area contributed by atoms with Gasteiger partial charge in [0.25, 0.3) is 5.91 Å². The van der Waals surface area contributed by atoms with E-state index in [2.05, 4.69) is 10.2 Å². The molecule has 1 atom stereocenters. The quantitative estimate of drug-likeness (QED) is 0.109. The number of halogens is 2. The van der Waals surface area contributed by atoms with Gasteiger partial charge in [-0.05, 0) is 47.0 Å². The molecule has 1 aromatic heterocycles. The van der Waals surface area contributed by atoms with Gasteiger partial charge in [-0.15, -0.1) is 10.2 Å². The van der Waals surface area contributed by atoms with E-state index < -0.39 is 23.5 Å². The number of carbonyl (C=O) groups excluding carboxylic acids is 2. The van der Waals surface area contributed by atoms with Crippen LogP contribution in [0.2, 0.25) is 10.0 Å². The highest BCUT2D eigenvalue weighted by Crippen LogP contribution is 2.45. The van der Waals surface area contributed by atoms with E-state index in [9.17, 15) is 14.7 Å². The molecule has 0 radical (unpaired) electrons. The number of hydrogen-bond acceptors (Lipinski definition) is 9. The first-order valence-corrected chi connectivity index (χ1v) is 15.0. The first kappa shape index (κ1) is 29.7. The number of methoxy groups -OCH3 is 2. The summed E-state index contributed by atoms with van der Waals surface area (Å²) in [5.74, 6) is -0.584. The van der Waals surface area contributed by atoms with Gasteiger partial charge in [0.1, 0.15) is 0 Å². The Hall–Kier alpha value is -3.83. The summed E-state index contributed by atoms with van der Waals surface area (Å²) in [7, 11) is 3.00. The topological polar surface area (TPSA) is 102 Å². The second kappa shape index (κ2) is 13.0. The van der Waals surface area contributed by atoms with Crippen LogP contribution < -0.4 is 14.4 Å². The molecule has 0 bridgehead atoms. The molecule has 42 heavy (non-hydrogen) atoms. The number of nitrogens with zero attached hydrogens (tertiary/aromatic N) is 3. The number of aliphatic hydroxyl groups excluding tert-OH is 1. The van der Waals surface area contributed by atoms with Gasteiger partial charge >= 0.3 is 0 Å². The molecule has 5 rings (SSSR count). The summed E-state index contributed by atoms with van der Waals surface area (Å²) in [6.45, 7) is 0. The molecule has 1 aliphatic heterocycles. The summed E-state index contributed by atoms with van der Waals surface area (Å²) in [5, 5.41) is 20.8. The Morgan fingerprint density at radius 3 is 2.52 bits per heavy atom. The molecular formula is C30H23Cl2N3O5S2. The highest BCUT2D eigenvalue weighted by atomic mass is 35.5. The third-order valence-corrected chi connectivity index (χ3v) is 9.08. The Balaban J connectivity index is 1.50. The molecule has 0 saturated carbocycles. The van der Waals surface area contributed by atoms with E-state index in [0.717, 1.165) is 22.5 Å². The number of aliphatic hydroxyl groups is 1. The van der Waals surface area contributed by atoms with Crippen LogP contribution in [-0.4, -0.2) is 41.2 Å². The number of ether oxygens (including phenoxy) is 2. The van der Waals surface area contributed by atoms with E-state index in [4.69, 9.17) is 32.7 Å². The van der Waals surface area contributed by atoms with Crippen molar-refractivity contribution in [3.05, 3.63) is 111 Å². The van der Waals surface area contributed by atoms with E-state index in [0.29, 0.717) is 37.2 Å². The maximum Gasteiger partial charge on any atom is 0.296 e. The third kappa shape index (κ3) is 6.17. The van der Waals surface area contributed by atoms with Gasteiger partial charge in [0.2, 0.25) is 5.13 Å². The van der Waals surface area contributed by atoms with Crippen molar-refractivity contribution in [3.63, 3.8) is 0 Å². The van der Waals surface area contributed by atoms with Crippen LogP contribution in [0.25, 0.3) is 6.08 Å². The summed E-state index contributed by atoms with van der Waals surface area (Å²) in [6, 6.07) is 18.5. The monoisotopic (exact) mass is 639 g/mol. The standard InChI is InChI=1S/C30H23Cl2N3O5S2/c1-39-23-13-10-18(14-24(23)40-2)26-25(22(36)12-8-17-6-4-3-5-7-17)27(37)28(38)35(26)29-33-34-30(42-29)41-16-19-9-11-20(31)15-21(19)32/h3-15,26,37H,16H2,1-2H3/b12-8+. The minimum atomic E-state index is -0.998. The number of hydrogen-bond donors (Lipinski definition) is 1. The SMILES string of the molecule is COc1ccc(C2C(C(=O)/C=C/c3ccccc3)=C(O)C(=O)N2c2nnc(SCc3ccc(Cl)cc3Cl)s2)cc1OC. The lowest BCUT2D eigenvalue weighted by Gasteiger charge is -2.24. The number of anilines is 1. The molecular weight excluding hydrogens is 617 g/mol. The molecule has 4 aromatic rings. The molecule has 8 nitrogen and oxygen atoms in total. The zero-order valence-electron chi connectivity index (χ0n) is 22.3. The lowest BCUT2D eigenvalue weighted by Crippen LogP contribution is -2.30. The number of allylic oxidation sites excluding steroid dienone is 1. The second-order valence-electron chi connectivity index (χ2n) is 8.94. The third-order valence-electron chi connectivity index (χ3n) is 6.39. The Morgan fingerprint density at radius 1 is 1.05 bits per heavy atom. The molecule has 12 heteroatoms. The fourth-order valence-electron chi connectivity index (χ4n) is 4.35. The number of rotatable bonds is 10. The molecule has 214 valence electrons. The summed E-state index contributed by atoms with van der Waals surface area (Å²) in [6.07, 6.45) is 2.96. The van der Waals surface area contributed by atoms with Crippen molar-refractivity contribution in [1.29, 1.82) is 0 Å². The molecule has 1 amide bonds. The van der Waals surface area contributed by atoms with Gasteiger partial charge in [-0.1, -0.05) is 94.8 Å². The Bertz CT molecular complexity index is 1710. The molecule has 2 heterocycles. The number of benzene rings is 3. The number of aromatic nitrogens is 2. The molecule has 0 spiro atoms. The Morgan fingerprint density at radius 2 is 1.81 bits per heavy atom. The molecule has 0 fully saturated rings. The molecule has 0 saturated heterocycles. The Labute approximate surface area is 260 Å². The minimum absolute atomic E-state index is 0.0863. The van der Waals surface area contributed by atoms with Crippen molar-refractivity contribution >= 4 is 69.2 Å². The van der Waals surface area contributed by atoms with Gasteiger partial charge in [0, 0.05) is 15.8 Å². The van der Waals surface area contributed by atoms with Crippen molar-refractivity contribution in [2.75, 3.05) is 19.1 Å². The predicted octanol–water partition coefficient (Wildman–Crippen LogP) is 7.34. The average Bonchev–Trinajstić information content (AvgIpc) is 3.57. The van der Waals surface area contributed by atoms with Gasteiger partial charge in [0.05, 0.1) is 25.8 Å². The smallest absolute Gasteiger partial charge is 0.296 e. The first-order valence-electron chi connectivity index (χ1n) is 12.5. The van der Waals surface area contributed by atoms with Gasteiger partial charge in [-0.2, -0.15) is 0 Å². The van der Waals surface area contributed by atoms with E-state index in [1.165, 1.54) is 37.0 Å². The summed E-state index contributed by atoms with van der Waals surface area (Å²) in [5.41, 5.74) is 2.08. The number of ketones is 1. The van der Waals surface area contributed by atoms with E-state index in [1.54, 1.807) is 36.4 Å². The minimum Gasteiger partial charge on any atom is -0.503 e. The maximum absolute atomic E-state index is 13.5. The van der Waals surface area contributed by atoms with E-state index in [-0.39, 0.29) is 10.7 Å². The first-order chi connectivity index (χ1) is 20.3. The average molecular weight is 641 g/mol. The van der Waals surface area contributed by atoms with Crippen LogP contribution >= 0.6 is 46.3 Å². The highest BCUT2D eigenvalue weighted by molar-refractivity contribution is 8.00. The zero-order valence-corrected chi connectivity index (χ0v) is 25.4. The van der Waals surface area contributed by atoms with Crippen molar-refractivity contribution < 1.29 is 24.2 Å². The lowest BCUT2D eigenvalue weighted by atomic mass is 9.95. The van der Waals surface area contributed by atoms with Crippen LogP contribution in [0.1, 0.15) is 22.7 Å². The van der Waals surface area contributed by atoms with E-state index in [1.807, 2.05) is 36.4 Å². The number of amides is 1. The summed E-state index contributed by atoms with van der Waals surface area (Å²) in [4.78, 5) is 28.3. The normalized spacial score (nSPS) is 15.1. The van der Waals surface area contributed by atoms with Crippen LogP contribution in [0, 0.1) is 0 Å². The molecule has 1 aliphatic rings. The van der Waals surface area contributed by atoms with Crippen LogP contribution in [0.5, 0.6) is 11.5 Å². The van der Waals surface area contributed by atoms with E-state index >= 15 is 0 Å².